The highest BCUT2D eigenvalue weighted by molar-refractivity contribution is 5.85. The Bertz CT molecular complexity index is 928. The van der Waals surface area contributed by atoms with Gasteiger partial charge in [-0.1, -0.05) is 37.3 Å². The Morgan fingerprint density at radius 2 is 1.76 bits per heavy atom. The molecule has 3 rings (SSSR count). The number of fused-ring (bicyclic) bond motifs is 1. The maximum Gasteiger partial charge on any atom is 0.303 e. The van der Waals surface area contributed by atoms with E-state index in [4.69, 9.17) is 9.52 Å². The summed E-state index contributed by atoms with van der Waals surface area (Å²) in [5.74, 6) is -0.762. The number of carbonyl (C=O) groups is 1. The Hall–Kier alpha value is -3.28. The second-order valence-corrected chi connectivity index (χ2v) is 5.32. The molecule has 0 atom stereocenters. The van der Waals surface area contributed by atoms with Gasteiger partial charge in [0.05, 0.1) is 0 Å². The van der Waals surface area contributed by atoms with Crippen molar-refractivity contribution in [3.05, 3.63) is 58.8 Å². The summed E-state index contributed by atoms with van der Waals surface area (Å²) in [5, 5.41) is 27.1. The number of rotatable bonds is 3. The molecule has 3 aromatic rings. The van der Waals surface area contributed by atoms with Gasteiger partial charge in [-0.25, -0.2) is 0 Å². The van der Waals surface area contributed by atoms with Gasteiger partial charge in [-0.15, -0.1) is 0 Å². The van der Waals surface area contributed by atoms with E-state index in [0.29, 0.717) is 12.2 Å². The van der Waals surface area contributed by atoms with Crippen LogP contribution in [-0.4, -0.2) is 21.3 Å². The van der Waals surface area contributed by atoms with Gasteiger partial charge in [0.1, 0.15) is 28.2 Å². The Morgan fingerprint density at radius 1 is 1.08 bits per heavy atom. The standard InChI is InChI=1S/C15H10O4.C4H8O2/c16-10-6-11(17)15-12(18)8-13(19-14(15)7-10)9-4-2-1-3-5-9;1-2-3-4(5)6/h1-8,16-17H;2-3H2,1H3,(H,5,6). The van der Waals surface area contributed by atoms with Crippen molar-refractivity contribution >= 4 is 16.9 Å². The highest BCUT2D eigenvalue weighted by Crippen LogP contribution is 2.30. The molecule has 6 nitrogen and oxygen atoms in total. The smallest absolute Gasteiger partial charge is 0.303 e. The lowest BCUT2D eigenvalue weighted by Crippen LogP contribution is -2.00. The van der Waals surface area contributed by atoms with Gasteiger partial charge >= 0.3 is 5.97 Å². The van der Waals surface area contributed by atoms with Crippen LogP contribution in [-0.2, 0) is 4.79 Å². The van der Waals surface area contributed by atoms with Crippen LogP contribution in [0.1, 0.15) is 19.8 Å². The molecular formula is C19H18O6. The molecule has 0 fully saturated rings. The number of hydrogen-bond acceptors (Lipinski definition) is 5. The molecule has 0 aliphatic carbocycles. The van der Waals surface area contributed by atoms with Crippen LogP contribution in [0.3, 0.4) is 0 Å². The molecule has 3 N–H and O–H groups in total. The van der Waals surface area contributed by atoms with E-state index in [1.165, 1.54) is 12.1 Å². The summed E-state index contributed by atoms with van der Waals surface area (Å²) in [7, 11) is 0. The molecule has 0 saturated heterocycles. The first-order chi connectivity index (χ1) is 11.9. The zero-order chi connectivity index (χ0) is 18.4. The van der Waals surface area contributed by atoms with Crippen molar-refractivity contribution in [1.82, 2.24) is 0 Å². The van der Waals surface area contributed by atoms with E-state index in [9.17, 15) is 19.8 Å². The van der Waals surface area contributed by atoms with Gasteiger partial charge in [-0.2, -0.15) is 0 Å². The van der Waals surface area contributed by atoms with Crippen LogP contribution in [0.15, 0.2) is 57.7 Å². The zero-order valence-corrected chi connectivity index (χ0v) is 13.6. The summed E-state index contributed by atoms with van der Waals surface area (Å²) in [4.78, 5) is 21.6. The molecule has 6 heteroatoms. The van der Waals surface area contributed by atoms with Crippen molar-refractivity contribution < 1.29 is 24.5 Å². The highest BCUT2D eigenvalue weighted by Gasteiger charge is 2.11. The van der Waals surface area contributed by atoms with Gasteiger partial charge in [0.25, 0.3) is 0 Å². The van der Waals surface area contributed by atoms with Gasteiger partial charge in [0.2, 0.25) is 0 Å². The normalized spacial score (nSPS) is 10.1. The van der Waals surface area contributed by atoms with Crippen LogP contribution in [0.4, 0.5) is 0 Å². The topological polar surface area (TPSA) is 108 Å². The number of benzene rings is 2. The van der Waals surface area contributed by atoms with Crippen molar-refractivity contribution in [2.45, 2.75) is 19.8 Å². The molecule has 0 aliphatic rings. The van der Waals surface area contributed by atoms with E-state index in [1.54, 1.807) is 0 Å². The van der Waals surface area contributed by atoms with E-state index in [1.807, 2.05) is 37.3 Å². The molecule has 1 aromatic heterocycles. The predicted octanol–water partition coefficient (Wildman–Crippen LogP) is 3.74. The highest BCUT2D eigenvalue weighted by atomic mass is 16.4. The fourth-order valence-corrected chi connectivity index (χ4v) is 2.21. The quantitative estimate of drug-likeness (QED) is 0.669. The van der Waals surface area contributed by atoms with Gasteiger partial charge in [-0.05, 0) is 6.42 Å². The Labute approximate surface area is 143 Å². The summed E-state index contributed by atoms with van der Waals surface area (Å²) in [5.41, 5.74) is 0.561. The second kappa shape index (κ2) is 8.01. The van der Waals surface area contributed by atoms with E-state index in [0.717, 1.165) is 18.1 Å². The zero-order valence-electron chi connectivity index (χ0n) is 13.6. The van der Waals surface area contributed by atoms with Gasteiger partial charge < -0.3 is 19.7 Å². The molecule has 0 saturated carbocycles. The lowest BCUT2D eigenvalue weighted by molar-refractivity contribution is -0.137. The Kier molecular flexibility index (Phi) is 5.79. The Balaban J connectivity index is 0.000000326. The minimum Gasteiger partial charge on any atom is -0.508 e. The lowest BCUT2D eigenvalue weighted by atomic mass is 10.1. The van der Waals surface area contributed by atoms with Crippen LogP contribution < -0.4 is 5.43 Å². The maximum atomic E-state index is 12.0. The van der Waals surface area contributed by atoms with Crippen LogP contribution in [0.2, 0.25) is 0 Å². The minimum atomic E-state index is -0.711. The number of carboxylic acids is 1. The van der Waals surface area contributed by atoms with Gasteiger partial charge in [-0.3, -0.25) is 9.59 Å². The molecule has 0 unspecified atom stereocenters. The molecule has 0 spiro atoms. The van der Waals surface area contributed by atoms with Crippen LogP contribution in [0.25, 0.3) is 22.3 Å². The SMILES string of the molecule is CCCC(=O)O.O=c1cc(-c2ccccc2)oc2cc(O)cc(O)c12. The summed E-state index contributed by atoms with van der Waals surface area (Å²) >= 11 is 0. The van der Waals surface area contributed by atoms with Crippen molar-refractivity contribution in [2.75, 3.05) is 0 Å². The summed E-state index contributed by atoms with van der Waals surface area (Å²) in [6.07, 6.45) is 1.02. The molecule has 0 radical (unpaired) electrons. The van der Waals surface area contributed by atoms with Crippen LogP contribution in [0, 0.1) is 0 Å². The number of carboxylic acid groups (broad SMARTS) is 1. The van der Waals surface area contributed by atoms with Crippen LogP contribution in [0.5, 0.6) is 11.5 Å². The summed E-state index contributed by atoms with van der Waals surface area (Å²) in [6.45, 7) is 1.84. The molecule has 1 heterocycles. The van der Waals surface area contributed by atoms with E-state index in [2.05, 4.69) is 0 Å². The van der Waals surface area contributed by atoms with Crippen molar-refractivity contribution in [3.63, 3.8) is 0 Å². The number of aliphatic carboxylic acids is 1. The monoisotopic (exact) mass is 342 g/mol. The largest absolute Gasteiger partial charge is 0.508 e. The third-order valence-corrected chi connectivity index (χ3v) is 3.32. The summed E-state index contributed by atoms with van der Waals surface area (Å²) in [6, 6.07) is 12.9. The number of aromatic hydroxyl groups is 2. The minimum absolute atomic E-state index is 0.0671. The van der Waals surface area contributed by atoms with Crippen molar-refractivity contribution in [3.8, 4) is 22.8 Å². The fourth-order valence-electron chi connectivity index (χ4n) is 2.21. The Morgan fingerprint density at radius 3 is 2.32 bits per heavy atom. The maximum absolute atomic E-state index is 12.0. The first-order valence-corrected chi connectivity index (χ1v) is 7.69. The molecule has 25 heavy (non-hydrogen) atoms. The molecule has 0 bridgehead atoms. The summed E-state index contributed by atoms with van der Waals surface area (Å²) < 4.78 is 5.57. The predicted molar refractivity (Wildman–Crippen MR) is 93.8 cm³/mol. The molecule has 0 amide bonds. The van der Waals surface area contributed by atoms with E-state index < -0.39 is 5.97 Å². The third kappa shape index (κ3) is 4.60. The lowest BCUT2D eigenvalue weighted by Gasteiger charge is -2.04. The van der Waals surface area contributed by atoms with E-state index in [-0.39, 0.29) is 27.9 Å². The molecule has 130 valence electrons. The third-order valence-electron chi connectivity index (χ3n) is 3.32. The number of phenolic OH excluding ortho intramolecular Hbond substituents is 2. The molecular weight excluding hydrogens is 324 g/mol. The fraction of sp³-hybridized carbons (Fsp3) is 0.158. The van der Waals surface area contributed by atoms with Crippen LogP contribution >= 0.6 is 0 Å². The first-order valence-electron chi connectivity index (χ1n) is 7.69. The van der Waals surface area contributed by atoms with Crippen molar-refractivity contribution in [2.24, 2.45) is 0 Å². The average Bonchev–Trinajstić information content (AvgIpc) is 2.55. The number of phenols is 2. The number of hydrogen-bond donors (Lipinski definition) is 3. The molecule has 2 aromatic carbocycles. The average molecular weight is 342 g/mol. The van der Waals surface area contributed by atoms with E-state index >= 15 is 0 Å². The second-order valence-electron chi connectivity index (χ2n) is 5.32. The molecule has 0 aliphatic heterocycles. The van der Waals surface area contributed by atoms with Gasteiger partial charge in [0, 0.05) is 30.2 Å². The first kappa shape index (κ1) is 18.1. The van der Waals surface area contributed by atoms with Crippen molar-refractivity contribution in [1.29, 1.82) is 0 Å². The van der Waals surface area contributed by atoms with Gasteiger partial charge in [0.15, 0.2) is 5.43 Å².